The molecule has 1 aromatic carbocycles. The van der Waals surface area contributed by atoms with Crippen LogP contribution in [-0.2, 0) is 0 Å². The molecule has 0 atom stereocenters. The number of rotatable bonds is 4. The van der Waals surface area contributed by atoms with Gasteiger partial charge in [0.15, 0.2) is 0 Å². The van der Waals surface area contributed by atoms with Crippen molar-refractivity contribution in [2.24, 2.45) is 0 Å². The molecule has 2 N–H and O–H groups in total. The Morgan fingerprint density at radius 3 is 2.33 bits per heavy atom. The van der Waals surface area contributed by atoms with Crippen molar-refractivity contribution in [1.82, 2.24) is 0 Å². The highest BCUT2D eigenvalue weighted by Crippen LogP contribution is 2.30. The van der Waals surface area contributed by atoms with E-state index in [0.717, 1.165) is 31.9 Å². The lowest BCUT2D eigenvalue weighted by Gasteiger charge is -2.31. The summed E-state index contributed by atoms with van der Waals surface area (Å²) in [7, 11) is 0. The summed E-state index contributed by atoms with van der Waals surface area (Å²) in [5.74, 6) is 0. The van der Waals surface area contributed by atoms with E-state index in [-0.39, 0.29) is 0 Å². The van der Waals surface area contributed by atoms with E-state index in [4.69, 9.17) is 5.73 Å². The SMILES string of the molecule is CCN(CC)c1ccc(N2CCCCC2)c(N)c1. The van der Waals surface area contributed by atoms with Crippen LogP contribution in [0.2, 0.25) is 0 Å². The Morgan fingerprint density at radius 1 is 1.11 bits per heavy atom. The smallest absolute Gasteiger partial charge is 0.0601 e. The zero-order valence-electron chi connectivity index (χ0n) is 11.7. The first-order chi connectivity index (χ1) is 8.76. The molecule has 0 unspecified atom stereocenters. The van der Waals surface area contributed by atoms with Crippen molar-refractivity contribution in [2.45, 2.75) is 33.1 Å². The number of nitrogens with zero attached hydrogens (tertiary/aromatic N) is 2. The number of anilines is 3. The Hall–Kier alpha value is -1.38. The number of benzene rings is 1. The van der Waals surface area contributed by atoms with Gasteiger partial charge in [-0.3, -0.25) is 0 Å². The Kier molecular flexibility index (Phi) is 4.34. The first kappa shape index (κ1) is 13.1. The first-order valence-electron chi connectivity index (χ1n) is 7.15. The standard InChI is InChI=1S/C15H25N3/c1-3-17(4-2)13-8-9-15(14(16)12-13)18-10-6-5-7-11-18/h8-9,12H,3-7,10-11,16H2,1-2H3. The van der Waals surface area contributed by atoms with Gasteiger partial charge in [-0.2, -0.15) is 0 Å². The topological polar surface area (TPSA) is 32.5 Å². The van der Waals surface area contributed by atoms with E-state index in [2.05, 4.69) is 41.8 Å². The van der Waals surface area contributed by atoms with Gasteiger partial charge >= 0.3 is 0 Å². The molecule has 0 saturated carbocycles. The van der Waals surface area contributed by atoms with Crippen LogP contribution in [0.1, 0.15) is 33.1 Å². The van der Waals surface area contributed by atoms with Crippen molar-refractivity contribution >= 4 is 17.1 Å². The lowest BCUT2D eigenvalue weighted by molar-refractivity contribution is 0.578. The van der Waals surface area contributed by atoms with Crippen molar-refractivity contribution in [3.05, 3.63) is 18.2 Å². The second-order valence-corrected chi connectivity index (χ2v) is 4.96. The lowest BCUT2D eigenvalue weighted by atomic mass is 10.1. The monoisotopic (exact) mass is 247 g/mol. The van der Waals surface area contributed by atoms with Gasteiger partial charge in [0.2, 0.25) is 0 Å². The molecule has 3 heteroatoms. The summed E-state index contributed by atoms with van der Waals surface area (Å²) in [6, 6.07) is 6.51. The van der Waals surface area contributed by atoms with E-state index in [1.54, 1.807) is 0 Å². The fourth-order valence-electron chi connectivity index (χ4n) is 2.75. The highest BCUT2D eigenvalue weighted by Gasteiger charge is 2.14. The maximum atomic E-state index is 6.23. The van der Waals surface area contributed by atoms with Crippen LogP contribution in [0.5, 0.6) is 0 Å². The molecule has 1 aliphatic heterocycles. The highest BCUT2D eigenvalue weighted by atomic mass is 15.1. The quantitative estimate of drug-likeness (QED) is 0.830. The van der Waals surface area contributed by atoms with Gasteiger partial charge in [-0.05, 0) is 51.3 Å². The molecule has 18 heavy (non-hydrogen) atoms. The molecule has 1 fully saturated rings. The van der Waals surface area contributed by atoms with Crippen molar-refractivity contribution < 1.29 is 0 Å². The molecule has 0 aromatic heterocycles. The fraction of sp³-hybridized carbons (Fsp3) is 0.600. The summed E-state index contributed by atoms with van der Waals surface area (Å²) in [4.78, 5) is 4.75. The van der Waals surface area contributed by atoms with Gasteiger partial charge in [-0.15, -0.1) is 0 Å². The largest absolute Gasteiger partial charge is 0.397 e. The molecular weight excluding hydrogens is 222 g/mol. The average molecular weight is 247 g/mol. The number of nitrogens with two attached hydrogens (primary N) is 1. The van der Waals surface area contributed by atoms with Crippen molar-refractivity contribution in [2.75, 3.05) is 41.7 Å². The Morgan fingerprint density at radius 2 is 1.78 bits per heavy atom. The maximum Gasteiger partial charge on any atom is 0.0601 e. The summed E-state index contributed by atoms with van der Waals surface area (Å²) in [6.07, 6.45) is 3.93. The Bertz CT molecular complexity index is 379. The second-order valence-electron chi connectivity index (χ2n) is 4.96. The van der Waals surface area contributed by atoms with Crippen molar-refractivity contribution in [1.29, 1.82) is 0 Å². The molecule has 1 heterocycles. The summed E-state index contributed by atoms with van der Waals surface area (Å²) < 4.78 is 0. The molecule has 0 spiro atoms. The van der Waals surface area contributed by atoms with Gasteiger partial charge in [-0.1, -0.05) is 0 Å². The van der Waals surface area contributed by atoms with Gasteiger partial charge < -0.3 is 15.5 Å². The minimum Gasteiger partial charge on any atom is -0.397 e. The highest BCUT2D eigenvalue weighted by molar-refractivity contribution is 5.73. The summed E-state index contributed by atoms with van der Waals surface area (Å²) in [5.41, 5.74) is 9.60. The summed E-state index contributed by atoms with van der Waals surface area (Å²) >= 11 is 0. The van der Waals surface area contributed by atoms with E-state index in [1.807, 2.05) is 0 Å². The van der Waals surface area contributed by atoms with Crippen LogP contribution in [0.3, 0.4) is 0 Å². The Balaban J connectivity index is 2.18. The van der Waals surface area contributed by atoms with Crippen LogP contribution >= 0.6 is 0 Å². The number of hydrogen-bond acceptors (Lipinski definition) is 3. The van der Waals surface area contributed by atoms with E-state index < -0.39 is 0 Å². The van der Waals surface area contributed by atoms with E-state index in [1.165, 1.54) is 30.6 Å². The summed E-state index contributed by atoms with van der Waals surface area (Å²) in [6.45, 7) is 8.71. The van der Waals surface area contributed by atoms with E-state index in [9.17, 15) is 0 Å². The van der Waals surface area contributed by atoms with E-state index in [0.29, 0.717) is 0 Å². The van der Waals surface area contributed by atoms with Crippen LogP contribution in [0.25, 0.3) is 0 Å². The number of nitrogen functional groups attached to an aromatic ring is 1. The van der Waals surface area contributed by atoms with Crippen LogP contribution in [-0.4, -0.2) is 26.2 Å². The second kappa shape index (κ2) is 5.98. The molecule has 0 radical (unpaired) electrons. The lowest BCUT2D eigenvalue weighted by Crippen LogP contribution is -2.30. The van der Waals surface area contributed by atoms with Gasteiger partial charge in [0.25, 0.3) is 0 Å². The third-order valence-electron chi connectivity index (χ3n) is 3.84. The minimum atomic E-state index is 0.918. The number of piperidine rings is 1. The Labute approximate surface area is 111 Å². The van der Waals surface area contributed by atoms with Crippen LogP contribution < -0.4 is 15.5 Å². The van der Waals surface area contributed by atoms with Crippen LogP contribution in [0.15, 0.2) is 18.2 Å². The molecule has 1 aromatic rings. The molecule has 0 amide bonds. The maximum absolute atomic E-state index is 6.23. The normalized spacial score (nSPS) is 15.8. The number of hydrogen-bond donors (Lipinski definition) is 1. The zero-order chi connectivity index (χ0) is 13.0. The average Bonchev–Trinajstić information content (AvgIpc) is 2.41. The predicted octanol–water partition coefficient (Wildman–Crippen LogP) is 3.11. The van der Waals surface area contributed by atoms with Gasteiger partial charge in [0.05, 0.1) is 11.4 Å². The van der Waals surface area contributed by atoms with Crippen molar-refractivity contribution in [3.8, 4) is 0 Å². The predicted molar refractivity (Wildman–Crippen MR) is 80.5 cm³/mol. The van der Waals surface area contributed by atoms with Gasteiger partial charge in [0, 0.05) is 31.9 Å². The molecule has 1 saturated heterocycles. The zero-order valence-corrected chi connectivity index (χ0v) is 11.7. The minimum absolute atomic E-state index is 0.918. The molecule has 2 rings (SSSR count). The molecule has 3 nitrogen and oxygen atoms in total. The summed E-state index contributed by atoms with van der Waals surface area (Å²) in [5, 5.41) is 0. The first-order valence-corrected chi connectivity index (χ1v) is 7.15. The van der Waals surface area contributed by atoms with E-state index >= 15 is 0 Å². The third-order valence-corrected chi connectivity index (χ3v) is 3.84. The molecule has 1 aliphatic rings. The van der Waals surface area contributed by atoms with Crippen LogP contribution in [0.4, 0.5) is 17.1 Å². The van der Waals surface area contributed by atoms with Gasteiger partial charge in [-0.25, -0.2) is 0 Å². The van der Waals surface area contributed by atoms with Crippen LogP contribution in [0, 0.1) is 0 Å². The molecular formula is C15H25N3. The van der Waals surface area contributed by atoms with Gasteiger partial charge in [0.1, 0.15) is 0 Å². The third kappa shape index (κ3) is 2.71. The fourth-order valence-corrected chi connectivity index (χ4v) is 2.75. The molecule has 0 bridgehead atoms. The molecule has 100 valence electrons. The molecule has 0 aliphatic carbocycles. The van der Waals surface area contributed by atoms with Crippen molar-refractivity contribution in [3.63, 3.8) is 0 Å².